The summed E-state index contributed by atoms with van der Waals surface area (Å²) < 4.78 is 49.0. The molecule has 272 valence electrons. The van der Waals surface area contributed by atoms with Gasteiger partial charge in [-0.3, -0.25) is 19.6 Å². The zero-order chi connectivity index (χ0) is 36.2. The van der Waals surface area contributed by atoms with Crippen LogP contribution in [0.5, 0.6) is 0 Å². The molecule has 2 heterocycles. The van der Waals surface area contributed by atoms with Crippen molar-refractivity contribution in [1.82, 2.24) is 20.1 Å². The van der Waals surface area contributed by atoms with Crippen molar-refractivity contribution in [3.05, 3.63) is 88.7 Å². The average Bonchev–Trinajstić information content (AvgIpc) is 3.69. The van der Waals surface area contributed by atoms with Crippen LogP contribution in [0.4, 0.5) is 19.0 Å². The molecule has 3 atom stereocenters. The van der Waals surface area contributed by atoms with E-state index < -0.39 is 11.7 Å². The normalized spacial score (nSPS) is 23.0. The number of nitrogens with two attached hydrogens (primary N) is 2. The third-order valence-corrected chi connectivity index (χ3v) is 10.6. The van der Waals surface area contributed by atoms with E-state index in [-0.39, 0.29) is 53.6 Å². The molecule has 0 bridgehead atoms. The van der Waals surface area contributed by atoms with Crippen LogP contribution >= 0.6 is 0 Å². The van der Waals surface area contributed by atoms with Gasteiger partial charge in [0.2, 0.25) is 0 Å². The molecule has 1 aromatic heterocycles. The highest BCUT2D eigenvalue weighted by atomic mass is 19.4. The van der Waals surface area contributed by atoms with Crippen molar-refractivity contribution >= 4 is 23.5 Å². The largest absolute Gasteiger partial charge is 0.416 e. The van der Waals surface area contributed by atoms with Crippen LogP contribution in [0.1, 0.15) is 58.3 Å². The molecule has 1 spiro atoms. The van der Waals surface area contributed by atoms with Gasteiger partial charge in [0, 0.05) is 87.5 Å². The molecule has 3 aromatic rings. The van der Waals surface area contributed by atoms with Gasteiger partial charge in [-0.2, -0.15) is 13.2 Å². The summed E-state index contributed by atoms with van der Waals surface area (Å²) in [5, 5.41) is 12.4. The Labute approximate surface area is 296 Å². The number of benzene rings is 2. The number of halogens is 3. The first-order valence-corrected chi connectivity index (χ1v) is 17.4. The number of aliphatic hydroxyl groups is 1. The molecule has 0 radical (unpaired) electrons. The number of allylic oxidation sites excluding steroid dienone is 1. The van der Waals surface area contributed by atoms with E-state index in [2.05, 4.69) is 20.2 Å². The fraction of sp³-hybridized carbons (Fsp3) is 0.447. The van der Waals surface area contributed by atoms with Crippen LogP contribution in [0.15, 0.2) is 65.9 Å². The minimum atomic E-state index is -4.47. The molecule has 3 aliphatic rings. The van der Waals surface area contributed by atoms with Gasteiger partial charge in [-0.05, 0) is 53.6 Å². The minimum Gasteiger partial charge on any atom is -0.404 e. The standard InChI is InChI=1S/C38H46F3N7O3/c1-44-21-30(20-42)29-17-31(35(43)45-22-29)36(50)46-33-3-2-10-37(33)19-34(37)51-24-25-4-6-26(7-5-25)27-8-9-28(32(18-27)38(39,40)41)23-48-13-11-47(12-14-48)15-16-49/h4-9,17-18,20-22,33-34,49H,2-3,10-16,19,23-24,42H2,1H3,(H2,43,45)(H,46,50). The number of piperazine rings is 1. The Bertz CT molecular complexity index is 1760. The molecule has 2 aliphatic carbocycles. The second-order valence-electron chi connectivity index (χ2n) is 13.7. The lowest BCUT2D eigenvalue weighted by Gasteiger charge is -2.34. The number of aromatic nitrogens is 1. The molecule has 1 aliphatic heterocycles. The monoisotopic (exact) mass is 705 g/mol. The molecule has 10 nitrogen and oxygen atoms in total. The van der Waals surface area contributed by atoms with Crippen LogP contribution in [0.2, 0.25) is 0 Å². The van der Waals surface area contributed by atoms with E-state index >= 15 is 0 Å². The maximum atomic E-state index is 14.2. The summed E-state index contributed by atoms with van der Waals surface area (Å²) in [5.74, 6) is -0.159. The zero-order valence-corrected chi connectivity index (χ0v) is 28.8. The number of ether oxygens (including phenoxy) is 1. The number of carbonyl (C=O) groups is 1. The van der Waals surface area contributed by atoms with Crippen LogP contribution < -0.4 is 16.8 Å². The minimum absolute atomic E-state index is 0.0149. The summed E-state index contributed by atoms with van der Waals surface area (Å²) in [6, 6.07) is 13.7. The summed E-state index contributed by atoms with van der Waals surface area (Å²) in [4.78, 5) is 25.7. The molecule has 1 saturated heterocycles. The van der Waals surface area contributed by atoms with Gasteiger partial charge in [0.1, 0.15) is 5.82 Å². The molecular formula is C38H46F3N7O3. The van der Waals surface area contributed by atoms with Gasteiger partial charge >= 0.3 is 6.18 Å². The van der Waals surface area contributed by atoms with Crippen molar-refractivity contribution in [2.75, 3.05) is 52.1 Å². The Balaban J connectivity index is 1.06. The Morgan fingerprint density at radius 1 is 1.12 bits per heavy atom. The van der Waals surface area contributed by atoms with Crippen LogP contribution in [0.3, 0.4) is 0 Å². The number of anilines is 1. The van der Waals surface area contributed by atoms with Gasteiger partial charge in [-0.25, -0.2) is 4.98 Å². The number of nitrogens with zero attached hydrogens (tertiary/aromatic N) is 4. The fourth-order valence-corrected chi connectivity index (χ4v) is 7.56. The molecule has 51 heavy (non-hydrogen) atoms. The topological polar surface area (TPSA) is 142 Å². The van der Waals surface area contributed by atoms with Gasteiger partial charge in [0.25, 0.3) is 5.91 Å². The number of amides is 1. The van der Waals surface area contributed by atoms with E-state index in [0.29, 0.717) is 48.5 Å². The molecular weight excluding hydrogens is 659 g/mol. The predicted molar refractivity (Wildman–Crippen MR) is 192 cm³/mol. The van der Waals surface area contributed by atoms with Crippen LogP contribution in [-0.4, -0.2) is 90.5 Å². The summed E-state index contributed by atoms with van der Waals surface area (Å²) in [5.41, 5.74) is 15.0. The summed E-state index contributed by atoms with van der Waals surface area (Å²) in [6.45, 7) is 4.01. The molecule has 1 amide bonds. The van der Waals surface area contributed by atoms with Crippen molar-refractivity contribution < 1.29 is 27.8 Å². The number of hydrogen-bond acceptors (Lipinski definition) is 9. The van der Waals surface area contributed by atoms with Crippen LogP contribution in [0.25, 0.3) is 16.7 Å². The fourth-order valence-electron chi connectivity index (χ4n) is 7.56. The van der Waals surface area contributed by atoms with E-state index in [1.165, 1.54) is 12.3 Å². The number of aliphatic imine (C=N–C) groups is 1. The first-order valence-electron chi connectivity index (χ1n) is 17.4. The number of pyridine rings is 1. The highest BCUT2D eigenvalue weighted by Crippen LogP contribution is 2.59. The first kappa shape index (κ1) is 36.5. The predicted octanol–water partition coefficient (Wildman–Crippen LogP) is 4.72. The SMILES string of the molecule is CN=CC(=CN)c1cnc(N)c(C(=O)NC2CCCC23CC3OCc2ccc(-c3ccc(CN4CCN(CCO)CC4)c(C(F)(F)F)c3)cc2)c1. The maximum Gasteiger partial charge on any atom is 0.416 e. The highest BCUT2D eigenvalue weighted by molar-refractivity contribution is 6.10. The molecule has 6 rings (SSSR count). The molecule has 3 unspecified atom stereocenters. The molecule has 6 N–H and O–H groups in total. The molecule has 2 aromatic carbocycles. The van der Waals surface area contributed by atoms with Crippen LogP contribution in [0, 0.1) is 5.41 Å². The summed E-state index contributed by atoms with van der Waals surface area (Å²) in [7, 11) is 1.63. The number of rotatable bonds is 12. The number of nitrogen functional groups attached to an aromatic ring is 1. The number of hydrogen-bond donors (Lipinski definition) is 4. The maximum absolute atomic E-state index is 14.2. The van der Waals surface area contributed by atoms with Crippen molar-refractivity contribution in [1.29, 1.82) is 0 Å². The quantitative estimate of drug-likeness (QED) is 0.199. The van der Waals surface area contributed by atoms with Gasteiger partial charge in [-0.15, -0.1) is 0 Å². The van der Waals surface area contributed by atoms with Crippen molar-refractivity contribution in [2.24, 2.45) is 16.1 Å². The number of β-amino-alcohol motifs (C(OH)–C–C–N with tert-alkyl or cyclic N) is 1. The Hall–Kier alpha value is -4.30. The van der Waals surface area contributed by atoms with E-state index in [1.807, 2.05) is 29.2 Å². The molecule has 2 saturated carbocycles. The molecule has 13 heteroatoms. The van der Waals surface area contributed by atoms with Gasteiger partial charge in [0.05, 0.1) is 30.4 Å². The average molecular weight is 706 g/mol. The number of aliphatic hydroxyl groups excluding tert-OH is 1. The third kappa shape index (κ3) is 8.27. The number of nitrogens with one attached hydrogen (secondary N) is 1. The van der Waals surface area contributed by atoms with Crippen LogP contribution in [-0.2, 0) is 24.1 Å². The van der Waals surface area contributed by atoms with Gasteiger partial charge in [-0.1, -0.05) is 42.8 Å². The Morgan fingerprint density at radius 2 is 1.84 bits per heavy atom. The second-order valence-corrected chi connectivity index (χ2v) is 13.7. The van der Waals surface area contributed by atoms with Gasteiger partial charge < -0.3 is 26.6 Å². The lowest BCUT2D eigenvalue weighted by atomic mass is 9.97. The van der Waals surface area contributed by atoms with Crippen molar-refractivity contribution in [3.8, 4) is 11.1 Å². The zero-order valence-electron chi connectivity index (χ0n) is 28.8. The summed E-state index contributed by atoms with van der Waals surface area (Å²) >= 11 is 0. The second kappa shape index (κ2) is 15.5. The van der Waals surface area contributed by atoms with E-state index in [4.69, 9.17) is 21.3 Å². The third-order valence-electron chi connectivity index (χ3n) is 10.6. The lowest BCUT2D eigenvalue weighted by Crippen LogP contribution is -2.46. The number of carbonyl (C=O) groups excluding carboxylic acids is 1. The van der Waals surface area contributed by atoms with E-state index in [0.717, 1.165) is 44.3 Å². The van der Waals surface area contributed by atoms with E-state index in [1.54, 1.807) is 37.7 Å². The van der Waals surface area contributed by atoms with E-state index in [9.17, 15) is 18.0 Å². The smallest absolute Gasteiger partial charge is 0.404 e. The summed E-state index contributed by atoms with van der Waals surface area (Å²) in [6.07, 6.45) is 3.65. The molecule has 3 fully saturated rings. The first-order chi connectivity index (χ1) is 24.5. The Morgan fingerprint density at radius 3 is 2.53 bits per heavy atom. The Kier molecular flexibility index (Phi) is 11.1. The number of alkyl halides is 3. The van der Waals surface area contributed by atoms with Gasteiger partial charge in [0.15, 0.2) is 0 Å². The highest BCUT2D eigenvalue weighted by Gasteiger charge is 2.62. The van der Waals surface area contributed by atoms with Crippen molar-refractivity contribution in [2.45, 2.75) is 57.2 Å². The van der Waals surface area contributed by atoms with Crippen molar-refractivity contribution in [3.63, 3.8) is 0 Å². The lowest BCUT2D eigenvalue weighted by molar-refractivity contribution is -0.138.